The lowest BCUT2D eigenvalue weighted by Gasteiger charge is -2.23. The van der Waals surface area contributed by atoms with Gasteiger partial charge in [0.25, 0.3) is 0 Å². The Labute approximate surface area is 141 Å². The summed E-state index contributed by atoms with van der Waals surface area (Å²) in [5.41, 5.74) is 6.48. The Balaban J connectivity index is 0.00000400. The largest absolute Gasteiger partial charge is 0.380 e. The topological polar surface area (TPSA) is 55.6 Å². The first kappa shape index (κ1) is 20.5. The predicted octanol–water partition coefficient (Wildman–Crippen LogP) is 3.13. The lowest BCUT2D eigenvalue weighted by molar-refractivity contribution is -0.134. The molecule has 0 heterocycles. The molecule has 0 aliphatic rings. The zero-order valence-electron chi connectivity index (χ0n) is 12.1. The Morgan fingerprint density at radius 3 is 2.52 bits per heavy atom. The Morgan fingerprint density at radius 1 is 1.38 bits per heavy atom. The zero-order valence-corrected chi connectivity index (χ0v) is 14.5. The summed E-state index contributed by atoms with van der Waals surface area (Å²) in [5.74, 6) is 0.0101. The van der Waals surface area contributed by atoms with E-state index in [1.165, 1.54) is 0 Å². The molecule has 0 radical (unpaired) electrons. The molecule has 7 heteroatoms. The average Bonchev–Trinajstić information content (AvgIpc) is 2.45. The van der Waals surface area contributed by atoms with Crippen molar-refractivity contribution in [2.24, 2.45) is 5.73 Å². The van der Waals surface area contributed by atoms with E-state index in [0.29, 0.717) is 29.7 Å². The van der Waals surface area contributed by atoms with Gasteiger partial charge in [0.2, 0.25) is 5.91 Å². The minimum Gasteiger partial charge on any atom is -0.380 e. The van der Waals surface area contributed by atoms with Crippen LogP contribution in [-0.2, 0) is 16.1 Å². The maximum atomic E-state index is 12.2. The van der Waals surface area contributed by atoms with E-state index < -0.39 is 0 Å². The number of nitrogens with two attached hydrogens (primary N) is 1. The van der Waals surface area contributed by atoms with E-state index in [-0.39, 0.29) is 30.8 Å². The molecule has 0 aromatic heterocycles. The Bertz CT molecular complexity index is 454. The molecule has 0 saturated carbocycles. The first-order chi connectivity index (χ1) is 9.51. The number of hydrogen-bond acceptors (Lipinski definition) is 3. The summed E-state index contributed by atoms with van der Waals surface area (Å²) in [6.07, 6.45) is 0.0349. The van der Waals surface area contributed by atoms with Crippen LogP contribution in [0.5, 0.6) is 0 Å². The molecule has 120 valence electrons. The van der Waals surface area contributed by atoms with Crippen molar-refractivity contribution < 1.29 is 9.53 Å². The van der Waals surface area contributed by atoms with Crippen molar-refractivity contribution in [3.8, 4) is 0 Å². The Morgan fingerprint density at radius 2 is 2.05 bits per heavy atom. The van der Waals surface area contributed by atoms with Gasteiger partial charge in [0.05, 0.1) is 22.6 Å². The van der Waals surface area contributed by atoms with Gasteiger partial charge in [0.15, 0.2) is 0 Å². The molecule has 21 heavy (non-hydrogen) atoms. The molecule has 0 saturated heterocycles. The highest BCUT2D eigenvalue weighted by Gasteiger charge is 2.17. The van der Waals surface area contributed by atoms with Gasteiger partial charge < -0.3 is 15.4 Å². The third-order valence-electron chi connectivity index (χ3n) is 3.09. The molecule has 0 bridgehead atoms. The summed E-state index contributed by atoms with van der Waals surface area (Å²) in [6.45, 7) is 3.36. The normalized spacial score (nSPS) is 11.7. The molecule has 0 aliphatic carbocycles. The van der Waals surface area contributed by atoms with Crippen LogP contribution in [0, 0.1) is 0 Å². The Kier molecular flexibility index (Phi) is 9.99. The van der Waals surface area contributed by atoms with Crippen LogP contribution < -0.4 is 5.73 Å². The molecule has 0 aliphatic heterocycles. The van der Waals surface area contributed by atoms with Gasteiger partial charge in [-0.2, -0.15) is 0 Å². The van der Waals surface area contributed by atoms with Crippen molar-refractivity contribution in [3.05, 3.63) is 33.8 Å². The molecule has 0 spiro atoms. The van der Waals surface area contributed by atoms with Crippen molar-refractivity contribution in [2.75, 3.05) is 20.2 Å². The second-order valence-corrected chi connectivity index (χ2v) is 5.27. The molecule has 1 amide bonds. The fraction of sp³-hybridized carbons (Fsp3) is 0.500. The van der Waals surface area contributed by atoms with Crippen LogP contribution in [0.4, 0.5) is 0 Å². The summed E-state index contributed by atoms with van der Waals surface area (Å²) in [4.78, 5) is 13.9. The van der Waals surface area contributed by atoms with Crippen molar-refractivity contribution in [1.29, 1.82) is 0 Å². The molecule has 1 rings (SSSR count). The van der Waals surface area contributed by atoms with Crippen LogP contribution in [0.2, 0.25) is 10.0 Å². The molecule has 4 nitrogen and oxygen atoms in total. The van der Waals surface area contributed by atoms with Gasteiger partial charge in [-0.1, -0.05) is 29.3 Å². The van der Waals surface area contributed by atoms with Crippen molar-refractivity contribution in [3.63, 3.8) is 0 Å². The third kappa shape index (κ3) is 6.41. The maximum absolute atomic E-state index is 12.2. The summed E-state index contributed by atoms with van der Waals surface area (Å²) < 4.78 is 5.14. The number of carbonyl (C=O) groups excluding carboxylic acids is 1. The van der Waals surface area contributed by atoms with Crippen LogP contribution in [-0.4, -0.2) is 37.1 Å². The number of carbonyl (C=O) groups is 1. The predicted molar refractivity (Wildman–Crippen MR) is 89.3 cm³/mol. The number of ether oxygens (including phenoxy) is 1. The average molecular weight is 356 g/mol. The minimum absolute atomic E-state index is 0. The zero-order chi connectivity index (χ0) is 15.1. The molecule has 1 unspecified atom stereocenters. The van der Waals surface area contributed by atoms with Crippen LogP contribution in [0.1, 0.15) is 18.9 Å². The number of halogens is 3. The van der Waals surface area contributed by atoms with E-state index in [4.69, 9.17) is 33.7 Å². The molecule has 1 aromatic rings. The lowest BCUT2D eigenvalue weighted by atomic mass is 10.2. The molecule has 1 aromatic carbocycles. The van der Waals surface area contributed by atoms with Crippen LogP contribution in [0.25, 0.3) is 0 Å². The fourth-order valence-electron chi connectivity index (χ4n) is 1.82. The van der Waals surface area contributed by atoms with E-state index in [1.807, 2.05) is 13.0 Å². The van der Waals surface area contributed by atoms with E-state index in [2.05, 4.69) is 0 Å². The SMILES string of the molecule is CCN(Cc1ccc(Cl)c(Cl)c1)C(=O)CC(CN)OC.Cl. The smallest absolute Gasteiger partial charge is 0.225 e. The number of nitrogens with zero attached hydrogens (tertiary/aromatic N) is 1. The molecular weight excluding hydrogens is 335 g/mol. The second-order valence-electron chi connectivity index (χ2n) is 4.45. The van der Waals surface area contributed by atoms with Gasteiger partial charge in [-0.15, -0.1) is 12.4 Å². The summed E-state index contributed by atoms with van der Waals surface area (Å²) >= 11 is 11.9. The molecule has 0 fully saturated rings. The van der Waals surface area contributed by atoms with Gasteiger partial charge in [-0.05, 0) is 24.6 Å². The van der Waals surface area contributed by atoms with Crippen molar-refractivity contribution >= 4 is 41.5 Å². The Hall–Kier alpha value is -0.520. The highest BCUT2D eigenvalue weighted by Crippen LogP contribution is 2.23. The van der Waals surface area contributed by atoms with E-state index >= 15 is 0 Å². The number of hydrogen-bond donors (Lipinski definition) is 1. The first-order valence-corrected chi connectivity index (χ1v) is 7.22. The monoisotopic (exact) mass is 354 g/mol. The number of amides is 1. The number of rotatable bonds is 7. The van der Waals surface area contributed by atoms with Crippen LogP contribution in [0.15, 0.2) is 18.2 Å². The van der Waals surface area contributed by atoms with E-state index in [9.17, 15) is 4.79 Å². The van der Waals surface area contributed by atoms with Crippen molar-refractivity contribution in [2.45, 2.75) is 26.0 Å². The highest BCUT2D eigenvalue weighted by atomic mass is 35.5. The quantitative estimate of drug-likeness (QED) is 0.817. The van der Waals surface area contributed by atoms with Gasteiger partial charge in [-0.3, -0.25) is 4.79 Å². The summed E-state index contributed by atoms with van der Waals surface area (Å²) in [6, 6.07) is 5.37. The molecule has 1 atom stereocenters. The number of methoxy groups -OCH3 is 1. The van der Waals surface area contributed by atoms with Gasteiger partial charge in [0, 0.05) is 26.7 Å². The van der Waals surface area contributed by atoms with Gasteiger partial charge >= 0.3 is 0 Å². The standard InChI is InChI=1S/C14H20Cl2N2O2.ClH/c1-3-18(14(19)7-11(8-17)20-2)9-10-4-5-12(15)13(16)6-10;/h4-6,11H,3,7-9,17H2,1-2H3;1H. The summed E-state index contributed by atoms with van der Waals surface area (Å²) in [7, 11) is 1.56. The van der Waals surface area contributed by atoms with Crippen LogP contribution in [0.3, 0.4) is 0 Å². The van der Waals surface area contributed by atoms with Crippen molar-refractivity contribution in [1.82, 2.24) is 4.90 Å². The second kappa shape index (κ2) is 10.2. The molecule has 2 N–H and O–H groups in total. The molecular formula is C14H21Cl3N2O2. The van der Waals surface area contributed by atoms with E-state index in [1.54, 1.807) is 24.1 Å². The van der Waals surface area contributed by atoms with Crippen LogP contribution >= 0.6 is 35.6 Å². The maximum Gasteiger partial charge on any atom is 0.225 e. The van der Waals surface area contributed by atoms with E-state index in [0.717, 1.165) is 5.56 Å². The fourth-order valence-corrected chi connectivity index (χ4v) is 2.14. The highest BCUT2D eigenvalue weighted by molar-refractivity contribution is 6.42. The lowest BCUT2D eigenvalue weighted by Crippen LogP contribution is -2.35. The summed E-state index contributed by atoms with van der Waals surface area (Å²) in [5, 5.41) is 0.997. The first-order valence-electron chi connectivity index (χ1n) is 6.46. The number of benzene rings is 1. The minimum atomic E-state index is -0.245. The third-order valence-corrected chi connectivity index (χ3v) is 3.83. The van der Waals surface area contributed by atoms with Gasteiger partial charge in [0.1, 0.15) is 0 Å². The van der Waals surface area contributed by atoms with Gasteiger partial charge in [-0.25, -0.2) is 0 Å².